The monoisotopic (exact) mass is 682 g/mol. The minimum atomic E-state index is -2.02. The Morgan fingerprint density at radius 2 is 1.73 bits per heavy atom. The van der Waals surface area contributed by atoms with E-state index in [-0.39, 0.29) is 53.9 Å². The predicted molar refractivity (Wildman–Crippen MR) is 154 cm³/mol. The molecule has 3 heterocycles. The molecule has 0 bridgehead atoms. The number of benzene rings is 1. The maximum Gasteiger partial charge on any atom is 0.254 e. The van der Waals surface area contributed by atoms with Gasteiger partial charge in [-0.15, -0.1) is 34.5 Å². The fourth-order valence-corrected chi connectivity index (χ4v) is 9.16. The van der Waals surface area contributed by atoms with Crippen LogP contribution in [0.3, 0.4) is 0 Å². The van der Waals surface area contributed by atoms with Gasteiger partial charge in [-0.3, -0.25) is 29.0 Å². The smallest absolute Gasteiger partial charge is 0.254 e. The van der Waals surface area contributed by atoms with Crippen molar-refractivity contribution < 1.29 is 33.8 Å². The molecule has 2 saturated heterocycles. The second-order valence-corrected chi connectivity index (χ2v) is 13.4. The van der Waals surface area contributed by atoms with Crippen LogP contribution in [0.4, 0.5) is 0 Å². The molecule has 6 atom stereocenters. The highest BCUT2D eigenvalue weighted by atomic mass is 79.9. The van der Waals surface area contributed by atoms with Crippen molar-refractivity contribution >= 4 is 74.1 Å². The summed E-state index contributed by atoms with van der Waals surface area (Å²) in [7, 11) is 2.79. The van der Waals surface area contributed by atoms with Gasteiger partial charge in [0.1, 0.15) is 17.2 Å². The van der Waals surface area contributed by atoms with Crippen LogP contribution in [0.1, 0.15) is 29.2 Å². The van der Waals surface area contributed by atoms with E-state index in [0.29, 0.717) is 11.1 Å². The van der Waals surface area contributed by atoms with Crippen molar-refractivity contribution in [3.05, 3.63) is 51.7 Å². The molecule has 0 radical (unpaired) electrons. The lowest BCUT2D eigenvalue weighted by atomic mass is 9.56. The van der Waals surface area contributed by atoms with Crippen LogP contribution in [-0.4, -0.2) is 68.0 Å². The Balaban J connectivity index is 1.55. The number of carbonyl (C=O) groups is 4. The van der Waals surface area contributed by atoms with Crippen molar-refractivity contribution in [3.63, 3.8) is 0 Å². The number of aromatic hydroxyl groups is 1. The third-order valence-corrected chi connectivity index (χ3v) is 11.6. The van der Waals surface area contributed by atoms with Crippen molar-refractivity contribution in [2.75, 3.05) is 19.7 Å². The molecule has 2 aliphatic carbocycles. The number of nitrogens with zero attached hydrogens (tertiary/aromatic N) is 2. The first-order valence-electron chi connectivity index (χ1n) is 12.9. The van der Waals surface area contributed by atoms with Gasteiger partial charge >= 0.3 is 0 Å². The number of methoxy groups -OCH3 is 2. The largest absolute Gasteiger partial charge is 0.508 e. The molecular weight excluding hydrogens is 659 g/mol. The molecule has 1 N–H and O–H groups in total. The van der Waals surface area contributed by atoms with Gasteiger partial charge in [0.25, 0.3) is 11.8 Å². The number of halogens is 3. The van der Waals surface area contributed by atoms with Crippen molar-refractivity contribution in [1.82, 2.24) is 9.80 Å². The minimum Gasteiger partial charge on any atom is -0.508 e. The molecule has 6 rings (SSSR count). The number of imide groups is 2. The number of phenolic OH excluding ortho intramolecular Hbond substituents is 1. The lowest BCUT2D eigenvalue weighted by molar-refractivity contribution is -0.141. The van der Waals surface area contributed by atoms with Gasteiger partial charge in [-0.05, 0) is 30.2 Å². The molecule has 216 valence electrons. The van der Waals surface area contributed by atoms with Crippen molar-refractivity contribution in [1.29, 1.82) is 0 Å². The molecule has 2 aromatic rings. The summed E-state index contributed by atoms with van der Waals surface area (Å²) in [4.78, 5) is 54.4. The first-order chi connectivity index (χ1) is 19.5. The third-order valence-electron chi connectivity index (χ3n) is 8.82. The number of likely N-dealkylation sites (tertiary alicyclic amines) is 2. The van der Waals surface area contributed by atoms with Gasteiger partial charge in [0.2, 0.25) is 11.8 Å². The van der Waals surface area contributed by atoms with Crippen molar-refractivity contribution in [2.24, 2.45) is 17.8 Å². The molecule has 2 aliphatic heterocycles. The molecule has 9 nitrogen and oxygen atoms in total. The standard InChI is InChI=1S/C28H25BrCl2N2O7S/c1-39-18-8-13(34)9-19(40-2)21(18)22-15-5-6-16-20(24(36)32(23(16)35)11-14-4-3-7-41-14)17(15)10-27(30)25(37)33(12-29)26(38)28(22,27)31/h3-5,7-9,16-17,20,22,34H,6,10-12H2,1-2H3/t16-,17+,20-,22+,27+,28-/m0/s1. The van der Waals surface area contributed by atoms with Crippen LogP contribution in [0.25, 0.3) is 0 Å². The number of thiophene rings is 1. The van der Waals surface area contributed by atoms with E-state index >= 15 is 0 Å². The molecule has 13 heteroatoms. The molecular formula is C28H25BrCl2N2O7S. The van der Waals surface area contributed by atoms with E-state index in [0.717, 1.165) is 9.78 Å². The number of phenols is 1. The Morgan fingerprint density at radius 1 is 1.05 bits per heavy atom. The number of carbonyl (C=O) groups excluding carboxylic acids is 4. The average molecular weight is 684 g/mol. The molecule has 4 amide bonds. The first-order valence-corrected chi connectivity index (χ1v) is 15.6. The average Bonchev–Trinajstić information content (AvgIpc) is 3.59. The van der Waals surface area contributed by atoms with Gasteiger partial charge in [-0.1, -0.05) is 33.6 Å². The number of ether oxygens (including phenoxy) is 2. The van der Waals surface area contributed by atoms with Crippen LogP contribution in [0, 0.1) is 17.8 Å². The lowest BCUT2D eigenvalue weighted by Crippen LogP contribution is -2.60. The SMILES string of the molecule is COc1cc(O)cc(OC)c1[C@H]1C2=CC[C@@H]3C(=O)N(Cc4cccs4)C(=O)[C@@H]3[C@@H]2C[C@@]2(Cl)C(=O)N(CBr)C(=O)[C@@]12Cl. The summed E-state index contributed by atoms with van der Waals surface area (Å²) in [5, 5.41) is 12.2. The predicted octanol–water partition coefficient (Wildman–Crippen LogP) is 4.38. The number of hydrogen-bond donors (Lipinski definition) is 1. The molecule has 1 aromatic carbocycles. The zero-order valence-electron chi connectivity index (χ0n) is 21.9. The summed E-state index contributed by atoms with van der Waals surface area (Å²) in [6.45, 7) is 0.160. The Hall–Kier alpha value is -2.60. The number of allylic oxidation sites excluding steroid dienone is 2. The van der Waals surface area contributed by atoms with Crippen LogP contribution in [0.2, 0.25) is 0 Å². The van der Waals surface area contributed by atoms with E-state index in [2.05, 4.69) is 15.9 Å². The normalized spacial score (nSPS) is 32.6. The number of rotatable bonds is 6. The van der Waals surface area contributed by atoms with Gasteiger partial charge in [0, 0.05) is 28.5 Å². The van der Waals surface area contributed by atoms with Crippen LogP contribution >= 0.6 is 50.5 Å². The second-order valence-electron chi connectivity index (χ2n) is 10.6. The molecule has 1 aromatic heterocycles. The third kappa shape index (κ3) is 3.78. The van der Waals surface area contributed by atoms with Crippen LogP contribution in [0.15, 0.2) is 41.3 Å². The van der Waals surface area contributed by atoms with Gasteiger partial charge in [0.05, 0.1) is 38.1 Å². The van der Waals surface area contributed by atoms with E-state index < -0.39 is 45.2 Å². The van der Waals surface area contributed by atoms with E-state index in [1.54, 1.807) is 0 Å². The fraction of sp³-hybridized carbons (Fsp3) is 0.429. The summed E-state index contributed by atoms with van der Waals surface area (Å²) in [5.41, 5.74) is 0.787. The molecule has 0 spiro atoms. The highest BCUT2D eigenvalue weighted by Crippen LogP contribution is 2.67. The van der Waals surface area contributed by atoms with Crippen LogP contribution < -0.4 is 9.47 Å². The number of alkyl halides is 3. The van der Waals surface area contributed by atoms with E-state index in [1.165, 1.54) is 42.6 Å². The summed E-state index contributed by atoms with van der Waals surface area (Å²) in [6, 6.07) is 6.45. The van der Waals surface area contributed by atoms with E-state index in [1.807, 2.05) is 23.6 Å². The quantitative estimate of drug-likeness (QED) is 0.208. The first kappa shape index (κ1) is 28.5. The number of amides is 4. The summed E-state index contributed by atoms with van der Waals surface area (Å²) in [5.74, 6) is -5.01. The van der Waals surface area contributed by atoms with Gasteiger partial charge < -0.3 is 14.6 Å². The van der Waals surface area contributed by atoms with Gasteiger partial charge in [-0.25, -0.2) is 0 Å². The van der Waals surface area contributed by atoms with Crippen molar-refractivity contribution in [2.45, 2.75) is 35.1 Å². The molecule has 1 saturated carbocycles. The highest BCUT2D eigenvalue weighted by molar-refractivity contribution is 9.09. The Morgan fingerprint density at radius 3 is 2.32 bits per heavy atom. The second kappa shape index (κ2) is 10.00. The molecule has 4 aliphatic rings. The van der Waals surface area contributed by atoms with Crippen molar-refractivity contribution in [3.8, 4) is 17.2 Å². The van der Waals surface area contributed by atoms with E-state index in [9.17, 15) is 24.3 Å². The lowest BCUT2D eigenvalue weighted by Gasteiger charge is -2.51. The Bertz CT molecular complexity index is 1490. The number of fused-ring (bicyclic) bond motifs is 4. The summed E-state index contributed by atoms with van der Waals surface area (Å²) >= 11 is 19.2. The molecule has 41 heavy (non-hydrogen) atoms. The fourth-order valence-electron chi connectivity index (χ4n) is 7.06. The maximum atomic E-state index is 14.0. The molecule has 3 fully saturated rings. The highest BCUT2D eigenvalue weighted by Gasteiger charge is 2.76. The Kier molecular flexibility index (Phi) is 6.95. The van der Waals surface area contributed by atoms with Crippen LogP contribution in [-0.2, 0) is 25.7 Å². The van der Waals surface area contributed by atoms with E-state index in [4.69, 9.17) is 32.7 Å². The summed E-state index contributed by atoms with van der Waals surface area (Å²) in [6.07, 6.45) is 1.97. The van der Waals surface area contributed by atoms with Gasteiger partial charge in [-0.2, -0.15) is 0 Å². The maximum absolute atomic E-state index is 14.0. The topological polar surface area (TPSA) is 113 Å². The van der Waals surface area contributed by atoms with Crippen LogP contribution in [0.5, 0.6) is 17.2 Å². The zero-order chi connectivity index (χ0) is 29.4. The summed E-state index contributed by atoms with van der Waals surface area (Å²) < 4.78 is 11.3. The zero-order valence-corrected chi connectivity index (χ0v) is 25.8. The Labute approximate surface area is 258 Å². The molecule has 0 unspecified atom stereocenters. The minimum absolute atomic E-state index is 0.121. The number of hydrogen-bond acceptors (Lipinski definition) is 8. The van der Waals surface area contributed by atoms with Gasteiger partial charge in [0.15, 0.2) is 9.75 Å².